The Morgan fingerprint density at radius 3 is 2.70 bits per heavy atom. The van der Waals surface area contributed by atoms with Crippen LogP contribution in [0.2, 0.25) is 0 Å². The van der Waals surface area contributed by atoms with E-state index < -0.39 is 24.2 Å². The Morgan fingerprint density at radius 1 is 1.20 bits per heavy atom. The van der Waals surface area contributed by atoms with Gasteiger partial charge in [0.05, 0.1) is 0 Å². The largest absolute Gasteiger partial charge is 0.405 e. The van der Waals surface area contributed by atoms with Crippen LogP contribution in [0.5, 0.6) is 0 Å². The SMILES string of the molecule is O=C(NCC(F)(F)F)c1ccc2n(c1=O)C[C@H]1C[C@@H]2CN(C(=O)Cn2cccn2)C1. The summed E-state index contributed by atoms with van der Waals surface area (Å²) < 4.78 is 40.1. The zero-order chi connectivity index (χ0) is 21.5. The van der Waals surface area contributed by atoms with Crippen LogP contribution >= 0.6 is 0 Å². The van der Waals surface area contributed by atoms with Crippen molar-refractivity contribution >= 4 is 11.8 Å². The van der Waals surface area contributed by atoms with Crippen LogP contribution in [0.1, 0.15) is 28.4 Å². The van der Waals surface area contributed by atoms with Crippen molar-refractivity contribution in [1.82, 2.24) is 24.6 Å². The van der Waals surface area contributed by atoms with Crippen LogP contribution in [-0.2, 0) is 17.9 Å². The van der Waals surface area contributed by atoms with Crippen LogP contribution in [0.15, 0.2) is 35.4 Å². The zero-order valence-corrected chi connectivity index (χ0v) is 15.9. The fourth-order valence-corrected chi connectivity index (χ4v) is 4.23. The van der Waals surface area contributed by atoms with Gasteiger partial charge < -0.3 is 14.8 Å². The first-order valence-electron chi connectivity index (χ1n) is 9.55. The highest BCUT2D eigenvalue weighted by Crippen LogP contribution is 2.35. The number of aromatic nitrogens is 3. The van der Waals surface area contributed by atoms with Gasteiger partial charge in [0.15, 0.2) is 0 Å². The van der Waals surface area contributed by atoms with Crippen LogP contribution in [0.4, 0.5) is 13.2 Å². The molecule has 0 aromatic carbocycles. The van der Waals surface area contributed by atoms with Gasteiger partial charge in [0, 0.05) is 43.6 Å². The maximum absolute atomic E-state index is 12.8. The second kappa shape index (κ2) is 7.62. The summed E-state index contributed by atoms with van der Waals surface area (Å²) in [5, 5.41) is 5.78. The number of pyridine rings is 1. The van der Waals surface area contributed by atoms with E-state index in [0.29, 0.717) is 25.3 Å². The molecule has 0 aliphatic carbocycles. The number of amides is 2. The van der Waals surface area contributed by atoms with Gasteiger partial charge in [-0.25, -0.2) is 0 Å². The van der Waals surface area contributed by atoms with Crippen molar-refractivity contribution in [3.8, 4) is 0 Å². The highest BCUT2D eigenvalue weighted by molar-refractivity contribution is 5.93. The third kappa shape index (κ3) is 4.10. The molecule has 2 atom stereocenters. The van der Waals surface area contributed by atoms with E-state index in [9.17, 15) is 27.6 Å². The Kier molecular flexibility index (Phi) is 5.12. The molecule has 1 saturated heterocycles. The average molecular weight is 423 g/mol. The quantitative estimate of drug-likeness (QED) is 0.794. The van der Waals surface area contributed by atoms with Gasteiger partial charge >= 0.3 is 6.18 Å². The lowest BCUT2D eigenvalue weighted by Crippen LogP contribution is -2.50. The number of piperidine rings is 1. The Labute approximate surface area is 169 Å². The monoisotopic (exact) mass is 423 g/mol. The summed E-state index contributed by atoms with van der Waals surface area (Å²) in [4.78, 5) is 39.2. The van der Waals surface area contributed by atoms with E-state index in [1.807, 2.05) is 0 Å². The number of halogens is 3. The van der Waals surface area contributed by atoms with Crippen molar-refractivity contribution in [3.05, 3.63) is 52.2 Å². The molecule has 4 heterocycles. The summed E-state index contributed by atoms with van der Waals surface area (Å²) in [6, 6.07) is 4.61. The van der Waals surface area contributed by atoms with Gasteiger partial charge in [-0.2, -0.15) is 18.3 Å². The normalized spacial score (nSPS) is 20.6. The average Bonchev–Trinajstić information content (AvgIpc) is 3.19. The number of hydrogen-bond donors (Lipinski definition) is 1. The second-order valence-electron chi connectivity index (χ2n) is 7.69. The van der Waals surface area contributed by atoms with Gasteiger partial charge in [0.25, 0.3) is 11.5 Å². The number of fused-ring (bicyclic) bond motifs is 4. The molecular weight excluding hydrogens is 403 g/mol. The lowest BCUT2D eigenvalue weighted by atomic mass is 9.83. The Hall–Kier alpha value is -3.11. The Morgan fingerprint density at radius 2 is 2.00 bits per heavy atom. The first-order chi connectivity index (χ1) is 14.2. The van der Waals surface area contributed by atoms with Gasteiger partial charge in [0.1, 0.15) is 18.7 Å². The highest BCUT2D eigenvalue weighted by atomic mass is 19.4. The fourth-order valence-electron chi connectivity index (χ4n) is 4.23. The van der Waals surface area contributed by atoms with Crippen molar-refractivity contribution in [2.45, 2.75) is 31.6 Å². The molecule has 11 heteroatoms. The molecule has 4 rings (SSSR count). The lowest BCUT2D eigenvalue weighted by molar-refractivity contribution is -0.134. The van der Waals surface area contributed by atoms with E-state index in [1.54, 1.807) is 39.4 Å². The molecule has 2 aliphatic heterocycles. The van der Waals surface area contributed by atoms with Crippen LogP contribution in [0.25, 0.3) is 0 Å². The Bertz CT molecular complexity index is 1020. The van der Waals surface area contributed by atoms with E-state index >= 15 is 0 Å². The van der Waals surface area contributed by atoms with Crippen LogP contribution in [-0.4, -0.2) is 56.9 Å². The van der Waals surface area contributed by atoms with Gasteiger partial charge in [-0.1, -0.05) is 0 Å². The fraction of sp³-hybridized carbons (Fsp3) is 0.474. The highest BCUT2D eigenvalue weighted by Gasteiger charge is 2.37. The number of alkyl halides is 3. The van der Waals surface area contributed by atoms with Crippen LogP contribution in [0.3, 0.4) is 0 Å². The Balaban J connectivity index is 1.51. The van der Waals surface area contributed by atoms with E-state index in [2.05, 4.69) is 5.10 Å². The summed E-state index contributed by atoms with van der Waals surface area (Å²) in [6.45, 7) is -0.123. The van der Waals surface area contributed by atoms with Crippen molar-refractivity contribution in [2.24, 2.45) is 5.92 Å². The maximum Gasteiger partial charge on any atom is 0.405 e. The molecule has 0 saturated carbocycles. The molecule has 30 heavy (non-hydrogen) atoms. The molecule has 2 amide bonds. The number of nitrogens with one attached hydrogen (secondary N) is 1. The summed E-state index contributed by atoms with van der Waals surface area (Å²) >= 11 is 0. The molecular formula is C19H20F3N5O3. The summed E-state index contributed by atoms with van der Waals surface area (Å²) in [5.74, 6) is -1.14. The minimum atomic E-state index is -4.55. The molecule has 2 aliphatic rings. The molecule has 160 valence electrons. The van der Waals surface area contributed by atoms with E-state index in [4.69, 9.17) is 0 Å². The van der Waals surface area contributed by atoms with E-state index in [0.717, 1.165) is 6.42 Å². The van der Waals surface area contributed by atoms with Gasteiger partial charge in [-0.3, -0.25) is 19.1 Å². The van der Waals surface area contributed by atoms with Crippen LogP contribution < -0.4 is 10.9 Å². The van der Waals surface area contributed by atoms with E-state index in [1.165, 1.54) is 10.6 Å². The molecule has 1 N–H and O–H groups in total. The number of carbonyl (C=O) groups excluding carboxylic acids is 2. The third-order valence-electron chi connectivity index (χ3n) is 5.51. The molecule has 0 unspecified atom stereocenters. The standard InChI is InChI=1S/C19H20F3N5O3/c20-19(21,22)11-23-17(29)14-2-3-15-13-6-12(8-27(15)18(14)30)7-25(9-13)16(28)10-26-5-1-4-24-26/h1-5,12-13H,6-11H2,(H,23,29)/t12-,13+/m0/s1. The topological polar surface area (TPSA) is 89.2 Å². The predicted octanol–water partition coefficient (Wildman–Crippen LogP) is 0.983. The zero-order valence-electron chi connectivity index (χ0n) is 15.9. The minimum absolute atomic E-state index is 0.0315. The number of hydrogen-bond acceptors (Lipinski definition) is 4. The number of carbonyl (C=O) groups is 2. The molecule has 0 radical (unpaired) electrons. The minimum Gasteiger partial charge on any atom is -0.343 e. The van der Waals surface area contributed by atoms with Gasteiger partial charge in [0.2, 0.25) is 5.91 Å². The summed E-state index contributed by atoms with van der Waals surface area (Å²) in [7, 11) is 0. The van der Waals surface area contributed by atoms with Crippen molar-refractivity contribution in [3.63, 3.8) is 0 Å². The molecule has 0 spiro atoms. The van der Waals surface area contributed by atoms with Crippen molar-refractivity contribution in [2.75, 3.05) is 19.6 Å². The summed E-state index contributed by atoms with van der Waals surface area (Å²) in [5.41, 5.74) is -0.215. The van der Waals surface area contributed by atoms with Gasteiger partial charge in [-0.05, 0) is 30.5 Å². The number of nitrogens with zero attached hydrogens (tertiary/aromatic N) is 4. The number of likely N-dealkylation sites (tertiary alicyclic amines) is 1. The van der Waals surface area contributed by atoms with Crippen molar-refractivity contribution < 1.29 is 22.8 Å². The van der Waals surface area contributed by atoms with Crippen molar-refractivity contribution in [1.29, 1.82) is 0 Å². The predicted molar refractivity (Wildman–Crippen MR) is 98.7 cm³/mol. The molecule has 2 aromatic heterocycles. The smallest absolute Gasteiger partial charge is 0.343 e. The van der Waals surface area contributed by atoms with E-state index in [-0.39, 0.29) is 29.9 Å². The first kappa shape index (κ1) is 20.2. The van der Waals surface area contributed by atoms with Crippen LogP contribution in [0, 0.1) is 5.92 Å². The molecule has 8 nitrogen and oxygen atoms in total. The molecule has 1 fully saturated rings. The number of rotatable bonds is 4. The molecule has 2 aromatic rings. The maximum atomic E-state index is 12.8. The summed E-state index contributed by atoms with van der Waals surface area (Å²) in [6.07, 6.45) is -0.430. The lowest BCUT2D eigenvalue weighted by Gasteiger charge is -2.42. The van der Waals surface area contributed by atoms with Gasteiger partial charge in [-0.15, -0.1) is 0 Å². The first-order valence-corrected chi connectivity index (χ1v) is 9.55. The second-order valence-corrected chi connectivity index (χ2v) is 7.69. The molecule has 2 bridgehead atoms. The third-order valence-corrected chi connectivity index (χ3v) is 5.51.